The molecule has 5 aromatic rings. The lowest BCUT2D eigenvalue weighted by Crippen LogP contribution is -2.21. The molecule has 2 heterocycles. The van der Waals surface area contributed by atoms with Crippen molar-refractivity contribution in [3.63, 3.8) is 0 Å². The van der Waals surface area contributed by atoms with Gasteiger partial charge in [-0.25, -0.2) is 4.98 Å². The Hall–Kier alpha value is -5.45. The number of amidine groups is 1. The van der Waals surface area contributed by atoms with Crippen molar-refractivity contribution in [2.24, 2.45) is 5.73 Å². The molecule has 2 aromatic heterocycles. The highest BCUT2D eigenvalue weighted by Gasteiger charge is 2.18. The fourth-order valence-electron chi connectivity index (χ4n) is 3.71. The van der Waals surface area contributed by atoms with Crippen LogP contribution in [-0.2, 0) is 0 Å². The lowest BCUT2D eigenvalue weighted by Gasteiger charge is -2.12. The predicted octanol–water partition coefficient (Wildman–Crippen LogP) is 4.17. The number of nitrogens with zero attached hydrogens (tertiary/aromatic N) is 4. The molecule has 0 aliphatic rings. The third-order valence-electron chi connectivity index (χ3n) is 5.50. The van der Waals surface area contributed by atoms with Crippen LogP contribution in [-0.4, -0.2) is 50.7 Å². The van der Waals surface area contributed by atoms with Crippen LogP contribution in [0.15, 0.2) is 72.8 Å². The summed E-state index contributed by atoms with van der Waals surface area (Å²) in [5.41, 5.74) is 14.4. The average molecular weight is 509 g/mol. The van der Waals surface area contributed by atoms with Gasteiger partial charge < -0.3 is 30.8 Å². The van der Waals surface area contributed by atoms with Crippen LogP contribution in [0.25, 0.3) is 22.6 Å². The first-order chi connectivity index (χ1) is 18.3. The normalized spacial score (nSPS) is 10.8. The molecule has 0 saturated carbocycles. The highest BCUT2D eigenvalue weighted by molar-refractivity contribution is 5.96. The number of fused-ring (bicyclic) bond motifs is 1. The third-order valence-corrected chi connectivity index (χ3v) is 5.50. The zero-order valence-corrected chi connectivity index (χ0v) is 20.6. The number of hydrogen-bond donors (Lipinski definition) is 4. The minimum absolute atomic E-state index is 0.0382. The average Bonchev–Trinajstić information content (AvgIpc) is 3.33. The number of nitrogen functional groups attached to an aromatic ring is 2. The largest absolute Gasteiger partial charge is 0.437 e. The van der Waals surface area contributed by atoms with Crippen LogP contribution in [0.2, 0.25) is 0 Å². The van der Waals surface area contributed by atoms with Gasteiger partial charge in [0.2, 0.25) is 0 Å². The van der Waals surface area contributed by atoms with E-state index in [9.17, 15) is 4.79 Å². The monoisotopic (exact) mass is 508 g/mol. The molecule has 0 fully saturated rings. The molecule has 6 N–H and O–H groups in total. The molecule has 11 nitrogen and oxygen atoms in total. The molecule has 0 radical (unpaired) electrons. The summed E-state index contributed by atoms with van der Waals surface area (Å²) in [5.74, 6) is 1.05. The molecule has 0 aliphatic heterocycles. The first kappa shape index (κ1) is 24.3. The Morgan fingerprint density at radius 2 is 1.66 bits per heavy atom. The van der Waals surface area contributed by atoms with Crippen molar-refractivity contribution >= 4 is 28.6 Å². The van der Waals surface area contributed by atoms with E-state index in [-0.39, 0.29) is 23.6 Å². The number of rotatable bonds is 7. The van der Waals surface area contributed by atoms with Crippen molar-refractivity contribution in [1.82, 2.24) is 24.8 Å². The summed E-state index contributed by atoms with van der Waals surface area (Å²) in [6, 6.07) is 20.9. The number of carbonyl (C=O) groups is 1. The second-order valence-electron chi connectivity index (χ2n) is 8.60. The fourth-order valence-corrected chi connectivity index (χ4v) is 3.71. The second kappa shape index (κ2) is 9.90. The first-order valence-corrected chi connectivity index (χ1v) is 11.5. The quantitative estimate of drug-likeness (QED) is 0.144. The summed E-state index contributed by atoms with van der Waals surface area (Å²) < 4.78 is 12.0. The second-order valence-corrected chi connectivity index (χ2v) is 8.60. The smallest absolute Gasteiger partial charge is 0.327 e. The number of H-pyrrole nitrogens is 1. The van der Waals surface area contributed by atoms with E-state index in [4.69, 9.17) is 26.4 Å². The molecule has 0 bridgehead atoms. The van der Waals surface area contributed by atoms with Crippen molar-refractivity contribution in [3.05, 3.63) is 83.9 Å². The van der Waals surface area contributed by atoms with E-state index in [1.807, 2.05) is 30.3 Å². The van der Waals surface area contributed by atoms with Crippen molar-refractivity contribution in [1.29, 1.82) is 5.41 Å². The maximum Gasteiger partial charge on any atom is 0.327 e. The first-order valence-electron chi connectivity index (χ1n) is 11.5. The van der Waals surface area contributed by atoms with Crippen molar-refractivity contribution in [3.8, 4) is 34.8 Å². The van der Waals surface area contributed by atoms with Crippen LogP contribution in [0.3, 0.4) is 0 Å². The molecule has 0 atom stereocenters. The topological polar surface area (TPSA) is 169 Å². The van der Waals surface area contributed by atoms with Crippen LogP contribution in [0.5, 0.6) is 23.4 Å². The number of aromatic nitrogens is 4. The summed E-state index contributed by atoms with van der Waals surface area (Å²) in [5, 5.41) is 7.75. The predicted molar refractivity (Wildman–Crippen MR) is 144 cm³/mol. The van der Waals surface area contributed by atoms with Gasteiger partial charge in [-0.3, -0.25) is 10.2 Å². The fraction of sp³-hybridized carbons (Fsp3) is 0.0741. The number of carbonyl (C=O) groups excluding carboxylic acids is 1. The minimum atomic E-state index is -0.168. The van der Waals surface area contributed by atoms with Crippen LogP contribution < -0.4 is 20.9 Å². The molecular formula is C27H24N8O3. The van der Waals surface area contributed by atoms with Crippen LogP contribution in [0.4, 0.5) is 5.69 Å². The Labute approximate surface area is 217 Å². The molecule has 0 unspecified atom stereocenters. The number of nitrogens with two attached hydrogens (primary N) is 2. The third kappa shape index (κ3) is 5.07. The number of ether oxygens (including phenoxy) is 2. The number of nitrogens with one attached hydrogen (secondary N) is 2. The molecule has 11 heteroatoms. The van der Waals surface area contributed by atoms with Gasteiger partial charge in [0.05, 0.1) is 0 Å². The minimum Gasteiger partial charge on any atom is -0.437 e. The number of amides is 1. The zero-order valence-electron chi connectivity index (χ0n) is 20.6. The Morgan fingerprint density at radius 1 is 0.895 bits per heavy atom. The van der Waals surface area contributed by atoms with E-state index in [0.717, 1.165) is 5.56 Å². The SMILES string of the molecule is CN(C)C(=O)c1cccc(Oc2nc(Oc3cc(N)cc(C(=N)N)c3)c3[nH]c(-c4ccccc4)nc3n2)c1. The van der Waals surface area contributed by atoms with Gasteiger partial charge in [-0.1, -0.05) is 36.4 Å². The van der Waals surface area contributed by atoms with Gasteiger partial charge in [-0.2, -0.15) is 9.97 Å². The van der Waals surface area contributed by atoms with Crippen molar-refractivity contribution in [2.45, 2.75) is 0 Å². The molecule has 0 spiro atoms. The summed E-state index contributed by atoms with van der Waals surface area (Å²) in [6.45, 7) is 0. The van der Waals surface area contributed by atoms with Gasteiger partial charge >= 0.3 is 6.01 Å². The van der Waals surface area contributed by atoms with Crippen molar-refractivity contribution in [2.75, 3.05) is 19.8 Å². The van der Waals surface area contributed by atoms with Gasteiger partial charge in [0.25, 0.3) is 11.8 Å². The van der Waals surface area contributed by atoms with Crippen LogP contribution in [0.1, 0.15) is 15.9 Å². The zero-order chi connectivity index (χ0) is 26.8. The standard InChI is InChI=1S/C27H24N8O3/c1-35(2)26(36)16-9-6-10-19(12-16)38-27-33-24-21(31-23(32-24)15-7-4-3-5-8-15)25(34-27)37-20-13-17(22(29)30)11-18(28)14-20/h3-14H,28H2,1-2H3,(H3,29,30)(H,31,32,33,34). The number of imidazole rings is 1. The summed E-state index contributed by atoms with van der Waals surface area (Å²) in [6.07, 6.45) is 0. The van der Waals surface area contributed by atoms with Crippen molar-refractivity contribution < 1.29 is 14.3 Å². The van der Waals surface area contributed by atoms with Crippen LogP contribution in [0, 0.1) is 5.41 Å². The Balaban J connectivity index is 1.58. The lowest BCUT2D eigenvalue weighted by atomic mass is 10.2. The number of hydrogen-bond acceptors (Lipinski definition) is 8. The van der Waals surface area contributed by atoms with Gasteiger partial charge in [-0.05, 0) is 30.3 Å². The molecule has 0 saturated heterocycles. The lowest BCUT2D eigenvalue weighted by molar-refractivity contribution is 0.0827. The molecule has 5 rings (SSSR count). The molecule has 38 heavy (non-hydrogen) atoms. The van der Waals surface area contributed by atoms with E-state index < -0.39 is 0 Å². The van der Waals surface area contributed by atoms with Gasteiger partial charge in [0.1, 0.15) is 28.7 Å². The molecular weight excluding hydrogens is 484 g/mol. The van der Waals surface area contributed by atoms with Crippen LogP contribution >= 0.6 is 0 Å². The summed E-state index contributed by atoms with van der Waals surface area (Å²) in [7, 11) is 3.35. The van der Waals surface area contributed by atoms with E-state index in [1.165, 1.54) is 4.90 Å². The molecule has 3 aromatic carbocycles. The Kier molecular flexibility index (Phi) is 6.32. The van der Waals surface area contributed by atoms with E-state index in [1.54, 1.807) is 56.6 Å². The summed E-state index contributed by atoms with van der Waals surface area (Å²) in [4.78, 5) is 30.6. The highest BCUT2D eigenvalue weighted by Crippen LogP contribution is 2.32. The van der Waals surface area contributed by atoms with Gasteiger partial charge in [-0.15, -0.1) is 0 Å². The summed E-state index contributed by atoms with van der Waals surface area (Å²) >= 11 is 0. The maximum absolute atomic E-state index is 12.4. The number of benzene rings is 3. The Bertz CT molecular complexity index is 1660. The van der Waals surface area contributed by atoms with E-state index in [0.29, 0.717) is 45.3 Å². The van der Waals surface area contributed by atoms with Gasteiger partial charge in [0, 0.05) is 42.5 Å². The molecule has 190 valence electrons. The van der Waals surface area contributed by atoms with E-state index in [2.05, 4.69) is 19.9 Å². The highest BCUT2D eigenvalue weighted by atomic mass is 16.5. The molecule has 1 amide bonds. The van der Waals surface area contributed by atoms with Gasteiger partial charge in [0.15, 0.2) is 5.65 Å². The Morgan fingerprint density at radius 3 is 2.39 bits per heavy atom. The van der Waals surface area contributed by atoms with E-state index >= 15 is 0 Å². The number of anilines is 1. The number of aromatic amines is 1. The maximum atomic E-state index is 12.4. The molecule has 0 aliphatic carbocycles.